The molecule has 0 radical (unpaired) electrons. The Kier molecular flexibility index (Phi) is 4.14. The summed E-state index contributed by atoms with van der Waals surface area (Å²) in [4.78, 5) is 0. The number of hydrogen-bond donors (Lipinski definition) is 1. The van der Waals surface area contributed by atoms with E-state index in [1.165, 1.54) is 12.8 Å². The molecule has 3 rings (SSSR count). The van der Waals surface area contributed by atoms with Gasteiger partial charge in [-0.25, -0.2) is 0 Å². The average Bonchev–Trinajstić information content (AvgIpc) is 3.30. The molecule has 0 unspecified atom stereocenters. The van der Waals surface area contributed by atoms with Gasteiger partial charge >= 0.3 is 0 Å². The molecule has 5 heteroatoms. The molecule has 2 aromatic rings. The van der Waals surface area contributed by atoms with Crippen LogP contribution < -0.4 is 10.1 Å². The molecule has 20 heavy (non-hydrogen) atoms. The fraction of sp³-hybridized carbons (Fsp3) is 0.333. The van der Waals surface area contributed by atoms with Crippen molar-refractivity contribution in [2.75, 3.05) is 0 Å². The van der Waals surface area contributed by atoms with E-state index in [4.69, 9.17) is 16.3 Å². The van der Waals surface area contributed by atoms with E-state index in [1.54, 1.807) is 0 Å². The highest BCUT2D eigenvalue weighted by atomic mass is 35.5. The molecule has 0 bridgehead atoms. The van der Waals surface area contributed by atoms with Gasteiger partial charge in [-0.3, -0.25) is 0 Å². The highest BCUT2D eigenvalue weighted by Gasteiger charge is 2.20. The van der Waals surface area contributed by atoms with Crippen LogP contribution in [0.4, 0.5) is 0 Å². The van der Waals surface area contributed by atoms with E-state index >= 15 is 0 Å². The van der Waals surface area contributed by atoms with E-state index in [0.29, 0.717) is 18.5 Å². The second-order valence-electron chi connectivity index (χ2n) is 4.93. The maximum absolute atomic E-state index is 5.83. The molecule has 1 aliphatic carbocycles. The smallest absolute Gasteiger partial charge is 0.233 e. The van der Waals surface area contributed by atoms with Crippen LogP contribution in [-0.4, -0.2) is 16.2 Å². The zero-order chi connectivity index (χ0) is 13.8. The number of halogens is 1. The molecule has 104 valence electrons. The summed E-state index contributed by atoms with van der Waals surface area (Å²) in [6, 6.07) is 12.0. The highest BCUT2D eigenvalue weighted by molar-refractivity contribution is 6.30. The first-order valence-corrected chi connectivity index (χ1v) is 7.10. The molecule has 0 saturated heterocycles. The largest absolute Gasteiger partial charge is 0.472 e. The summed E-state index contributed by atoms with van der Waals surface area (Å²) in [6.07, 6.45) is 2.55. The minimum absolute atomic E-state index is 0.464. The fourth-order valence-electron chi connectivity index (χ4n) is 1.79. The Morgan fingerprint density at radius 1 is 1.10 bits per heavy atom. The molecule has 1 aromatic heterocycles. The maximum atomic E-state index is 5.83. The van der Waals surface area contributed by atoms with E-state index in [-0.39, 0.29) is 0 Å². The average molecular weight is 290 g/mol. The Bertz CT molecular complexity index is 552. The van der Waals surface area contributed by atoms with Crippen molar-refractivity contribution in [3.05, 3.63) is 52.7 Å². The van der Waals surface area contributed by atoms with Crippen molar-refractivity contribution in [2.45, 2.75) is 32.0 Å². The lowest BCUT2D eigenvalue weighted by Gasteiger charge is -2.06. The molecule has 1 aliphatic rings. The Labute approximate surface area is 123 Å². The van der Waals surface area contributed by atoms with Crippen molar-refractivity contribution in [1.29, 1.82) is 0 Å². The third-order valence-electron chi connectivity index (χ3n) is 3.14. The van der Waals surface area contributed by atoms with Crippen LogP contribution >= 0.6 is 11.6 Å². The lowest BCUT2D eigenvalue weighted by molar-refractivity contribution is 0.289. The van der Waals surface area contributed by atoms with Gasteiger partial charge in [-0.2, -0.15) is 5.10 Å². The molecule has 1 saturated carbocycles. The quantitative estimate of drug-likeness (QED) is 0.888. The van der Waals surface area contributed by atoms with Crippen LogP contribution in [0.25, 0.3) is 0 Å². The lowest BCUT2D eigenvalue weighted by Crippen LogP contribution is -2.16. The van der Waals surface area contributed by atoms with Crippen molar-refractivity contribution in [3.8, 4) is 5.88 Å². The fourth-order valence-corrected chi connectivity index (χ4v) is 1.92. The lowest BCUT2D eigenvalue weighted by atomic mass is 10.2. The molecule has 0 aliphatic heterocycles. The number of aromatic nitrogens is 2. The molecule has 0 amide bonds. The monoisotopic (exact) mass is 289 g/mol. The highest BCUT2D eigenvalue weighted by Crippen LogP contribution is 2.19. The van der Waals surface area contributed by atoms with Crippen LogP contribution in [0.2, 0.25) is 5.02 Å². The Balaban J connectivity index is 1.50. The molecular formula is C15H16ClN3O. The van der Waals surface area contributed by atoms with Crippen LogP contribution in [0.15, 0.2) is 36.4 Å². The van der Waals surface area contributed by atoms with Crippen LogP contribution in [-0.2, 0) is 13.2 Å². The number of nitrogens with one attached hydrogen (secondary N) is 1. The molecule has 4 nitrogen and oxygen atoms in total. The molecule has 1 aromatic carbocycles. The Morgan fingerprint density at radius 3 is 2.55 bits per heavy atom. The van der Waals surface area contributed by atoms with Gasteiger partial charge in [-0.05, 0) is 36.6 Å². The van der Waals surface area contributed by atoms with Crippen molar-refractivity contribution in [1.82, 2.24) is 15.5 Å². The van der Waals surface area contributed by atoms with Gasteiger partial charge in [-0.1, -0.05) is 23.7 Å². The van der Waals surface area contributed by atoms with Crippen molar-refractivity contribution in [3.63, 3.8) is 0 Å². The van der Waals surface area contributed by atoms with E-state index in [2.05, 4.69) is 15.5 Å². The van der Waals surface area contributed by atoms with Gasteiger partial charge in [0.1, 0.15) is 6.61 Å². The topological polar surface area (TPSA) is 47.0 Å². The predicted octanol–water partition coefficient (Wildman–Crippen LogP) is 2.96. The number of benzene rings is 1. The van der Waals surface area contributed by atoms with Gasteiger partial charge in [0.2, 0.25) is 5.88 Å². The second-order valence-corrected chi connectivity index (χ2v) is 5.37. The zero-order valence-corrected chi connectivity index (χ0v) is 11.8. The minimum Gasteiger partial charge on any atom is -0.472 e. The van der Waals surface area contributed by atoms with Crippen molar-refractivity contribution < 1.29 is 4.74 Å². The van der Waals surface area contributed by atoms with Gasteiger partial charge in [0.15, 0.2) is 0 Å². The summed E-state index contributed by atoms with van der Waals surface area (Å²) in [5, 5.41) is 12.3. The first kappa shape index (κ1) is 13.3. The van der Waals surface area contributed by atoms with Crippen LogP contribution in [0.3, 0.4) is 0 Å². The first-order valence-electron chi connectivity index (χ1n) is 6.73. The third-order valence-corrected chi connectivity index (χ3v) is 3.40. The van der Waals surface area contributed by atoms with Gasteiger partial charge in [0.05, 0.1) is 5.69 Å². The van der Waals surface area contributed by atoms with E-state index in [1.807, 2.05) is 36.4 Å². The summed E-state index contributed by atoms with van der Waals surface area (Å²) in [6.45, 7) is 1.24. The number of nitrogens with zero attached hydrogens (tertiary/aromatic N) is 2. The Hall–Kier alpha value is -1.65. The number of hydrogen-bond acceptors (Lipinski definition) is 4. The summed E-state index contributed by atoms with van der Waals surface area (Å²) < 4.78 is 5.59. The van der Waals surface area contributed by atoms with Gasteiger partial charge in [0.25, 0.3) is 0 Å². The van der Waals surface area contributed by atoms with Gasteiger partial charge < -0.3 is 10.1 Å². The number of ether oxygens (including phenoxy) is 1. The van der Waals surface area contributed by atoms with E-state index in [0.717, 1.165) is 22.8 Å². The first-order chi connectivity index (χ1) is 9.79. The van der Waals surface area contributed by atoms with Gasteiger partial charge in [-0.15, -0.1) is 5.10 Å². The molecule has 0 atom stereocenters. The van der Waals surface area contributed by atoms with Crippen LogP contribution in [0.1, 0.15) is 24.1 Å². The van der Waals surface area contributed by atoms with E-state index in [9.17, 15) is 0 Å². The zero-order valence-electron chi connectivity index (χ0n) is 11.1. The third kappa shape index (κ3) is 3.92. The Morgan fingerprint density at radius 2 is 1.90 bits per heavy atom. The molecule has 1 heterocycles. The molecular weight excluding hydrogens is 274 g/mol. The summed E-state index contributed by atoms with van der Waals surface area (Å²) >= 11 is 5.83. The van der Waals surface area contributed by atoms with Gasteiger partial charge in [0, 0.05) is 23.7 Å². The summed E-state index contributed by atoms with van der Waals surface area (Å²) in [5.74, 6) is 0.537. The molecule has 1 N–H and O–H groups in total. The number of rotatable bonds is 6. The standard InChI is InChI=1S/C15H16ClN3O/c16-12-3-1-11(2-4-12)10-20-15-8-7-14(18-19-15)9-17-13-5-6-13/h1-4,7-8,13,17H,5-6,9-10H2. The van der Waals surface area contributed by atoms with Crippen molar-refractivity contribution >= 4 is 11.6 Å². The molecule has 0 spiro atoms. The minimum atomic E-state index is 0.464. The SMILES string of the molecule is Clc1ccc(COc2ccc(CNC3CC3)nn2)cc1. The predicted molar refractivity (Wildman–Crippen MR) is 77.7 cm³/mol. The van der Waals surface area contributed by atoms with Crippen LogP contribution in [0.5, 0.6) is 5.88 Å². The van der Waals surface area contributed by atoms with Crippen LogP contribution in [0, 0.1) is 0 Å². The van der Waals surface area contributed by atoms with E-state index < -0.39 is 0 Å². The second kappa shape index (κ2) is 6.20. The molecule has 1 fully saturated rings. The van der Waals surface area contributed by atoms with Crippen molar-refractivity contribution in [2.24, 2.45) is 0 Å². The maximum Gasteiger partial charge on any atom is 0.233 e. The summed E-state index contributed by atoms with van der Waals surface area (Å²) in [7, 11) is 0. The normalized spacial score (nSPS) is 14.2. The summed E-state index contributed by atoms with van der Waals surface area (Å²) in [5.41, 5.74) is 1.99.